The molecule has 0 saturated carbocycles. The summed E-state index contributed by atoms with van der Waals surface area (Å²) in [5, 5.41) is 12.5. The van der Waals surface area contributed by atoms with Crippen molar-refractivity contribution in [2.24, 2.45) is 0 Å². The third-order valence-corrected chi connectivity index (χ3v) is 7.51. The highest BCUT2D eigenvalue weighted by Crippen LogP contribution is 2.26. The highest BCUT2D eigenvalue weighted by molar-refractivity contribution is 8.01. The van der Waals surface area contributed by atoms with Crippen LogP contribution in [0.2, 0.25) is 0 Å². The van der Waals surface area contributed by atoms with Gasteiger partial charge in [-0.05, 0) is 18.1 Å². The summed E-state index contributed by atoms with van der Waals surface area (Å²) in [5.74, 6) is 0.577. The first-order valence-electron chi connectivity index (χ1n) is 10.5. The van der Waals surface area contributed by atoms with Gasteiger partial charge in [0.1, 0.15) is 0 Å². The van der Waals surface area contributed by atoms with Crippen LogP contribution in [0.4, 0.5) is 5.13 Å². The zero-order chi connectivity index (χ0) is 21.5. The molecule has 31 heavy (non-hydrogen) atoms. The number of aromatic nitrogens is 2. The standard InChI is InChI=1S/C23H27N5OS2/c1-18(20-10-6-3-7-11-20)27-12-14-28(15-13-27)21(29)17-30-23-26-25-22(31-23)24-16-19-8-4-2-5-9-19/h2-11,18H,12-17H2,1H3,(H,24,25). The minimum Gasteiger partial charge on any atom is -0.356 e. The molecule has 6 nitrogen and oxygen atoms in total. The van der Waals surface area contributed by atoms with Crippen molar-refractivity contribution in [3.05, 3.63) is 71.8 Å². The van der Waals surface area contributed by atoms with Crippen LogP contribution in [0.25, 0.3) is 0 Å². The molecule has 2 aromatic carbocycles. The number of carbonyl (C=O) groups is 1. The summed E-state index contributed by atoms with van der Waals surface area (Å²) in [7, 11) is 0. The molecule has 3 aromatic rings. The molecule has 1 fully saturated rings. The maximum absolute atomic E-state index is 12.7. The van der Waals surface area contributed by atoms with E-state index in [1.807, 2.05) is 29.2 Å². The van der Waals surface area contributed by atoms with Crippen molar-refractivity contribution in [3.8, 4) is 0 Å². The first-order valence-corrected chi connectivity index (χ1v) is 12.3. The lowest BCUT2D eigenvalue weighted by molar-refractivity contribution is -0.130. The van der Waals surface area contributed by atoms with Gasteiger partial charge in [0.25, 0.3) is 0 Å². The smallest absolute Gasteiger partial charge is 0.233 e. The lowest BCUT2D eigenvalue weighted by Gasteiger charge is -2.38. The predicted octanol–water partition coefficient (Wildman–Crippen LogP) is 4.15. The highest BCUT2D eigenvalue weighted by Gasteiger charge is 2.24. The van der Waals surface area contributed by atoms with Crippen LogP contribution < -0.4 is 5.32 Å². The number of carbonyl (C=O) groups excluding carboxylic acids is 1. The van der Waals surface area contributed by atoms with E-state index in [4.69, 9.17) is 0 Å². The van der Waals surface area contributed by atoms with E-state index in [-0.39, 0.29) is 5.91 Å². The molecule has 1 aliphatic rings. The van der Waals surface area contributed by atoms with E-state index in [1.54, 1.807) is 0 Å². The minimum atomic E-state index is 0.172. The first-order chi connectivity index (χ1) is 15.2. The van der Waals surface area contributed by atoms with Crippen molar-refractivity contribution in [1.82, 2.24) is 20.0 Å². The van der Waals surface area contributed by atoms with Crippen molar-refractivity contribution >= 4 is 34.1 Å². The summed E-state index contributed by atoms with van der Waals surface area (Å²) >= 11 is 2.96. The Balaban J connectivity index is 1.20. The Bertz CT molecular complexity index is 958. The molecule has 0 bridgehead atoms. The second-order valence-corrected chi connectivity index (χ2v) is 9.70. The Kier molecular flexibility index (Phi) is 7.56. The van der Waals surface area contributed by atoms with Gasteiger partial charge in [0.2, 0.25) is 11.0 Å². The molecular weight excluding hydrogens is 426 g/mol. The van der Waals surface area contributed by atoms with Crippen LogP contribution in [0.3, 0.4) is 0 Å². The van der Waals surface area contributed by atoms with E-state index < -0.39 is 0 Å². The summed E-state index contributed by atoms with van der Waals surface area (Å²) < 4.78 is 0.820. The molecular formula is C23H27N5OS2. The Morgan fingerprint density at radius 2 is 1.71 bits per heavy atom. The molecule has 1 aromatic heterocycles. The quantitative estimate of drug-likeness (QED) is 0.517. The lowest BCUT2D eigenvalue weighted by atomic mass is 10.1. The summed E-state index contributed by atoms with van der Waals surface area (Å²) in [5.41, 5.74) is 2.52. The van der Waals surface area contributed by atoms with Crippen molar-refractivity contribution in [2.45, 2.75) is 23.8 Å². The van der Waals surface area contributed by atoms with Gasteiger partial charge in [-0.2, -0.15) is 0 Å². The minimum absolute atomic E-state index is 0.172. The van der Waals surface area contributed by atoms with Gasteiger partial charge in [0.05, 0.1) is 5.75 Å². The Labute approximate surface area is 191 Å². The summed E-state index contributed by atoms with van der Waals surface area (Å²) in [4.78, 5) is 17.1. The molecule has 1 saturated heterocycles. The van der Waals surface area contributed by atoms with Crippen molar-refractivity contribution in [1.29, 1.82) is 0 Å². The molecule has 1 N–H and O–H groups in total. The highest BCUT2D eigenvalue weighted by atomic mass is 32.2. The van der Waals surface area contributed by atoms with E-state index in [2.05, 4.69) is 63.7 Å². The molecule has 1 atom stereocenters. The van der Waals surface area contributed by atoms with E-state index in [0.29, 0.717) is 18.3 Å². The normalized spacial score (nSPS) is 15.6. The van der Waals surface area contributed by atoms with E-state index in [9.17, 15) is 4.79 Å². The predicted molar refractivity (Wildman–Crippen MR) is 127 cm³/mol. The van der Waals surface area contributed by atoms with Crippen molar-refractivity contribution < 1.29 is 4.79 Å². The van der Waals surface area contributed by atoms with Gasteiger partial charge in [-0.15, -0.1) is 10.2 Å². The van der Waals surface area contributed by atoms with Crippen LogP contribution in [0, 0.1) is 0 Å². The molecule has 1 aliphatic heterocycles. The van der Waals surface area contributed by atoms with E-state index >= 15 is 0 Å². The lowest BCUT2D eigenvalue weighted by Crippen LogP contribution is -2.49. The zero-order valence-electron chi connectivity index (χ0n) is 17.6. The van der Waals surface area contributed by atoms with Gasteiger partial charge in [-0.3, -0.25) is 9.69 Å². The van der Waals surface area contributed by atoms with Gasteiger partial charge in [0.15, 0.2) is 4.34 Å². The summed E-state index contributed by atoms with van der Waals surface area (Å²) in [6.45, 7) is 6.30. The second kappa shape index (κ2) is 10.7. The van der Waals surface area contributed by atoms with E-state index in [0.717, 1.165) is 35.7 Å². The number of anilines is 1. The fourth-order valence-corrected chi connectivity index (χ4v) is 5.28. The zero-order valence-corrected chi connectivity index (χ0v) is 19.2. The Hall–Kier alpha value is -2.42. The topological polar surface area (TPSA) is 61.4 Å². The van der Waals surface area contributed by atoms with Gasteiger partial charge in [-0.25, -0.2) is 0 Å². The first kappa shape index (κ1) is 21.8. The fraction of sp³-hybridized carbons (Fsp3) is 0.348. The monoisotopic (exact) mass is 453 g/mol. The number of hydrogen-bond acceptors (Lipinski definition) is 7. The molecule has 2 heterocycles. The molecule has 0 aliphatic carbocycles. The average molecular weight is 454 g/mol. The molecule has 1 amide bonds. The number of benzene rings is 2. The van der Waals surface area contributed by atoms with Crippen LogP contribution in [0.5, 0.6) is 0 Å². The van der Waals surface area contributed by atoms with Gasteiger partial charge in [-0.1, -0.05) is 83.8 Å². The molecule has 8 heteroatoms. The summed E-state index contributed by atoms with van der Waals surface area (Å²) in [6, 6.07) is 21.1. The number of amides is 1. The van der Waals surface area contributed by atoms with Crippen LogP contribution in [-0.2, 0) is 11.3 Å². The third kappa shape index (κ3) is 6.06. The number of thioether (sulfide) groups is 1. The Morgan fingerprint density at radius 3 is 2.42 bits per heavy atom. The molecule has 4 rings (SSSR count). The van der Waals surface area contributed by atoms with E-state index in [1.165, 1.54) is 34.2 Å². The molecule has 0 spiro atoms. The maximum atomic E-state index is 12.7. The van der Waals surface area contributed by atoms with Crippen LogP contribution in [0.15, 0.2) is 65.0 Å². The van der Waals surface area contributed by atoms with Gasteiger partial charge >= 0.3 is 0 Å². The second-order valence-electron chi connectivity index (χ2n) is 7.50. The third-order valence-electron chi connectivity index (χ3n) is 5.51. The SMILES string of the molecule is CC(c1ccccc1)N1CCN(C(=O)CSc2nnc(NCc3ccccc3)s2)CC1. The molecule has 162 valence electrons. The van der Waals surface area contributed by atoms with Gasteiger partial charge < -0.3 is 10.2 Å². The maximum Gasteiger partial charge on any atom is 0.233 e. The fourth-order valence-electron chi connectivity index (χ4n) is 3.63. The number of hydrogen-bond donors (Lipinski definition) is 1. The Morgan fingerprint density at radius 1 is 1.03 bits per heavy atom. The number of nitrogens with zero attached hydrogens (tertiary/aromatic N) is 4. The summed E-state index contributed by atoms with van der Waals surface area (Å²) in [6.07, 6.45) is 0. The van der Waals surface area contributed by atoms with Crippen LogP contribution in [0.1, 0.15) is 24.1 Å². The van der Waals surface area contributed by atoms with Crippen molar-refractivity contribution in [2.75, 3.05) is 37.2 Å². The number of piperazine rings is 1. The number of nitrogens with one attached hydrogen (secondary N) is 1. The average Bonchev–Trinajstić information content (AvgIpc) is 3.30. The van der Waals surface area contributed by atoms with Crippen LogP contribution >= 0.6 is 23.1 Å². The number of rotatable bonds is 8. The largest absolute Gasteiger partial charge is 0.356 e. The molecule has 0 radical (unpaired) electrons. The van der Waals surface area contributed by atoms with Gasteiger partial charge in [0, 0.05) is 38.8 Å². The van der Waals surface area contributed by atoms with Crippen molar-refractivity contribution in [3.63, 3.8) is 0 Å². The molecule has 1 unspecified atom stereocenters. The van der Waals surface area contributed by atoms with Crippen LogP contribution in [-0.4, -0.2) is 57.8 Å².